The van der Waals surface area contributed by atoms with E-state index < -0.39 is 0 Å². The van der Waals surface area contributed by atoms with Crippen LogP contribution in [0.3, 0.4) is 0 Å². The lowest BCUT2D eigenvalue weighted by Gasteiger charge is -2.21. The van der Waals surface area contributed by atoms with E-state index >= 15 is 0 Å². The average molecular weight is 229 g/mol. The first kappa shape index (κ1) is 13.5. The maximum atomic E-state index is 11.7. The predicted molar refractivity (Wildman–Crippen MR) is 62.1 cm³/mol. The first-order valence-corrected chi connectivity index (χ1v) is 6.31. The Balaban J connectivity index is 1.97. The summed E-state index contributed by atoms with van der Waals surface area (Å²) in [6.07, 6.45) is 5.72. The minimum absolute atomic E-state index is 0.159. The fourth-order valence-corrected chi connectivity index (χ4v) is 1.91. The Bertz CT molecular complexity index is 191. The molecule has 1 amide bonds. The van der Waals surface area contributed by atoms with Gasteiger partial charge in [0, 0.05) is 32.3 Å². The number of carbonyl (C=O) groups excluding carboxylic acids is 1. The van der Waals surface area contributed by atoms with Gasteiger partial charge in [-0.25, -0.2) is 0 Å². The molecule has 1 heterocycles. The van der Waals surface area contributed by atoms with Crippen LogP contribution in [0.2, 0.25) is 0 Å². The van der Waals surface area contributed by atoms with E-state index in [4.69, 9.17) is 9.84 Å². The molecule has 94 valence electrons. The van der Waals surface area contributed by atoms with Gasteiger partial charge < -0.3 is 15.2 Å². The maximum Gasteiger partial charge on any atom is 0.223 e. The third kappa shape index (κ3) is 5.47. The molecule has 0 spiro atoms. The zero-order valence-electron chi connectivity index (χ0n) is 9.91. The van der Waals surface area contributed by atoms with Gasteiger partial charge in [0.15, 0.2) is 0 Å². The van der Waals surface area contributed by atoms with Gasteiger partial charge in [-0.2, -0.15) is 0 Å². The molecule has 1 rings (SSSR count). The smallest absolute Gasteiger partial charge is 0.223 e. The summed E-state index contributed by atoms with van der Waals surface area (Å²) in [7, 11) is 0. The molecule has 0 radical (unpaired) electrons. The Hall–Kier alpha value is -0.610. The van der Waals surface area contributed by atoms with Crippen LogP contribution in [-0.4, -0.2) is 37.4 Å². The Labute approximate surface area is 97.4 Å². The number of ether oxygens (including phenoxy) is 1. The molecule has 1 aliphatic heterocycles. The molecule has 0 aromatic carbocycles. The Morgan fingerprint density at radius 1 is 1.19 bits per heavy atom. The Morgan fingerprint density at radius 3 is 2.56 bits per heavy atom. The molecule has 1 aliphatic rings. The van der Waals surface area contributed by atoms with Gasteiger partial charge in [-0.15, -0.1) is 0 Å². The fraction of sp³-hybridized carbons (Fsp3) is 0.917. The molecule has 0 saturated carbocycles. The van der Waals surface area contributed by atoms with E-state index in [2.05, 4.69) is 5.32 Å². The standard InChI is InChI=1S/C12H23NO3/c14-8-4-2-1-3-7-13-12(15)11-5-9-16-10-6-11/h11,14H,1-10H2,(H,13,15). The summed E-state index contributed by atoms with van der Waals surface area (Å²) < 4.78 is 5.22. The van der Waals surface area contributed by atoms with Crippen molar-refractivity contribution in [2.45, 2.75) is 38.5 Å². The lowest BCUT2D eigenvalue weighted by Crippen LogP contribution is -2.34. The molecule has 4 nitrogen and oxygen atoms in total. The highest BCUT2D eigenvalue weighted by Crippen LogP contribution is 2.14. The van der Waals surface area contributed by atoms with Gasteiger partial charge in [0.2, 0.25) is 5.91 Å². The number of rotatable bonds is 7. The monoisotopic (exact) mass is 229 g/mol. The molecular weight excluding hydrogens is 206 g/mol. The highest BCUT2D eigenvalue weighted by Gasteiger charge is 2.20. The summed E-state index contributed by atoms with van der Waals surface area (Å²) in [6.45, 7) is 2.47. The Kier molecular flexibility index (Phi) is 7.17. The molecule has 0 aromatic heterocycles. The lowest BCUT2D eigenvalue weighted by atomic mass is 9.99. The van der Waals surface area contributed by atoms with E-state index in [9.17, 15) is 4.79 Å². The van der Waals surface area contributed by atoms with Crippen LogP contribution in [0.4, 0.5) is 0 Å². The molecular formula is C12H23NO3. The van der Waals surface area contributed by atoms with Gasteiger partial charge in [-0.1, -0.05) is 12.8 Å². The minimum Gasteiger partial charge on any atom is -0.396 e. The van der Waals surface area contributed by atoms with Crippen LogP contribution < -0.4 is 5.32 Å². The number of nitrogens with one attached hydrogen (secondary N) is 1. The van der Waals surface area contributed by atoms with Crippen molar-refractivity contribution >= 4 is 5.91 Å². The highest BCUT2D eigenvalue weighted by atomic mass is 16.5. The van der Waals surface area contributed by atoms with E-state index in [0.29, 0.717) is 13.2 Å². The summed E-state index contributed by atoms with van der Waals surface area (Å²) >= 11 is 0. The average Bonchev–Trinajstić information content (AvgIpc) is 2.34. The van der Waals surface area contributed by atoms with Gasteiger partial charge in [-0.05, 0) is 25.7 Å². The van der Waals surface area contributed by atoms with Crippen molar-refractivity contribution in [1.82, 2.24) is 5.32 Å². The zero-order valence-corrected chi connectivity index (χ0v) is 9.91. The summed E-state index contributed by atoms with van der Waals surface area (Å²) in [5.74, 6) is 0.344. The minimum atomic E-state index is 0.159. The fourth-order valence-electron chi connectivity index (χ4n) is 1.91. The highest BCUT2D eigenvalue weighted by molar-refractivity contribution is 5.78. The third-order valence-electron chi connectivity index (χ3n) is 2.98. The summed E-state index contributed by atoms with van der Waals surface area (Å²) in [4.78, 5) is 11.7. The van der Waals surface area contributed by atoms with Crippen molar-refractivity contribution in [3.63, 3.8) is 0 Å². The molecule has 0 aliphatic carbocycles. The molecule has 2 N–H and O–H groups in total. The Morgan fingerprint density at radius 2 is 1.88 bits per heavy atom. The summed E-state index contributed by atoms with van der Waals surface area (Å²) in [5, 5.41) is 11.6. The van der Waals surface area contributed by atoms with Crippen molar-refractivity contribution in [2.24, 2.45) is 5.92 Å². The third-order valence-corrected chi connectivity index (χ3v) is 2.98. The van der Waals surface area contributed by atoms with Gasteiger partial charge in [-0.3, -0.25) is 4.79 Å². The number of aliphatic hydroxyl groups is 1. The SMILES string of the molecule is O=C(NCCCCCCO)C1CCOCC1. The van der Waals surface area contributed by atoms with Crippen molar-refractivity contribution in [1.29, 1.82) is 0 Å². The lowest BCUT2D eigenvalue weighted by molar-refractivity contribution is -0.127. The van der Waals surface area contributed by atoms with Crippen LogP contribution in [0.1, 0.15) is 38.5 Å². The largest absolute Gasteiger partial charge is 0.396 e. The van der Waals surface area contributed by atoms with E-state index in [1.54, 1.807) is 0 Å². The van der Waals surface area contributed by atoms with Gasteiger partial charge in [0.1, 0.15) is 0 Å². The quantitative estimate of drug-likeness (QED) is 0.642. The second-order valence-electron chi connectivity index (χ2n) is 4.32. The molecule has 1 fully saturated rings. The summed E-state index contributed by atoms with van der Waals surface area (Å²) in [6, 6.07) is 0. The summed E-state index contributed by atoms with van der Waals surface area (Å²) in [5.41, 5.74) is 0. The second-order valence-corrected chi connectivity index (χ2v) is 4.32. The molecule has 0 atom stereocenters. The molecule has 4 heteroatoms. The molecule has 0 bridgehead atoms. The number of amides is 1. The zero-order chi connectivity index (χ0) is 11.6. The maximum absolute atomic E-state index is 11.7. The topological polar surface area (TPSA) is 58.6 Å². The van der Waals surface area contributed by atoms with Crippen molar-refractivity contribution in [3.05, 3.63) is 0 Å². The normalized spacial score (nSPS) is 17.3. The van der Waals surface area contributed by atoms with Crippen LogP contribution in [0.5, 0.6) is 0 Å². The van der Waals surface area contributed by atoms with Crippen molar-refractivity contribution < 1.29 is 14.6 Å². The van der Waals surface area contributed by atoms with E-state index in [1.165, 1.54) is 0 Å². The number of unbranched alkanes of at least 4 members (excludes halogenated alkanes) is 3. The van der Waals surface area contributed by atoms with Crippen molar-refractivity contribution in [3.8, 4) is 0 Å². The molecule has 0 aromatic rings. The number of hydrogen-bond acceptors (Lipinski definition) is 3. The molecule has 0 unspecified atom stereocenters. The predicted octanol–water partition coefficient (Wildman–Crippen LogP) is 1.08. The first-order valence-electron chi connectivity index (χ1n) is 6.31. The van der Waals surface area contributed by atoms with Gasteiger partial charge >= 0.3 is 0 Å². The van der Waals surface area contributed by atoms with E-state index in [0.717, 1.165) is 45.1 Å². The first-order chi connectivity index (χ1) is 7.84. The number of carbonyl (C=O) groups is 1. The van der Waals surface area contributed by atoms with Gasteiger partial charge in [0.05, 0.1) is 0 Å². The van der Waals surface area contributed by atoms with Gasteiger partial charge in [0.25, 0.3) is 0 Å². The van der Waals surface area contributed by atoms with Crippen LogP contribution in [-0.2, 0) is 9.53 Å². The second kappa shape index (κ2) is 8.53. The molecule has 16 heavy (non-hydrogen) atoms. The van der Waals surface area contributed by atoms with Crippen LogP contribution in [0.25, 0.3) is 0 Å². The van der Waals surface area contributed by atoms with Crippen LogP contribution in [0, 0.1) is 5.92 Å². The molecule has 1 saturated heterocycles. The number of aliphatic hydroxyl groups excluding tert-OH is 1. The van der Waals surface area contributed by atoms with Crippen LogP contribution >= 0.6 is 0 Å². The van der Waals surface area contributed by atoms with Crippen molar-refractivity contribution in [2.75, 3.05) is 26.4 Å². The van der Waals surface area contributed by atoms with E-state index in [1.807, 2.05) is 0 Å². The van der Waals surface area contributed by atoms with Crippen LogP contribution in [0.15, 0.2) is 0 Å². The number of hydrogen-bond donors (Lipinski definition) is 2. The van der Waals surface area contributed by atoms with E-state index in [-0.39, 0.29) is 18.4 Å².